The van der Waals surface area contributed by atoms with Crippen LogP contribution in [-0.2, 0) is 0 Å². The Kier molecular flexibility index (Phi) is 4.77. The monoisotopic (exact) mass is 360 g/mol. The first kappa shape index (κ1) is 17.5. The van der Waals surface area contributed by atoms with Crippen molar-refractivity contribution in [3.8, 4) is 16.9 Å². The summed E-state index contributed by atoms with van der Waals surface area (Å²) >= 11 is 0. The van der Waals surface area contributed by atoms with Gasteiger partial charge < -0.3 is 9.80 Å². The average molecular weight is 360 g/mol. The SMILES string of the molecule is CN(C)CC1CN(C(=O)c2cc(-c3ccccc3)n(-c3ccccc3)n2)C1. The van der Waals surface area contributed by atoms with Gasteiger partial charge in [-0.05, 0) is 32.3 Å². The second-order valence-corrected chi connectivity index (χ2v) is 7.37. The number of rotatable bonds is 5. The number of hydrogen-bond donors (Lipinski definition) is 0. The van der Waals surface area contributed by atoms with Crippen molar-refractivity contribution in [2.75, 3.05) is 33.7 Å². The molecule has 27 heavy (non-hydrogen) atoms. The largest absolute Gasteiger partial charge is 0.336 e. The number of carbonyl (C=O) groups is 1. The van der Waals surface area contributed by atoms with E-state index in [2.05, 4.69) is 24.1 Å². The number of hydrogen-bond acceptors (Lipinski definition) is 3. The number of amides is 1. The Morgan fingerprint density at radius 2 is 1.67 bits per heavy atom. The minimum Gasteiger partial charge on any atom is -0.336 e. The molecule has 4 rings (SSSR count). The van der Waals surface area contributed by atoms with Crippen LogP contribution < -0.4 is 0 Å². The summed E-state index contributed by atoms with van der Waals surface area (Å²) in [6, 6.07) is 21.9. The molecule has 2 aromatic carbocycles. The van der Waals surface area contributed by atoms with Crippen LogP contribution >= 0.6 is 0 Å². The Balaban J connectivity index is 1.63. The predicted molar refractivity (Wildman–Crippen MR) is 107 cm³/mol. The van der Waals surface area contributed by atoms with Crippen molar-refractivity contribution >= 4 is 5.91 Å². The highest BCUT2D eigenvalue weighted by atomic mass is 16.2. The average Bonchev–Trinajstić information content (AvgIpc) is 3.10. The maximum Gasteiger partial charge on any atom is 0.274 e. The summed E-state index contributed by atoms with van der Waals surface area (Å²) in [6.07, 6.45) is 0. The molecule has 1 saturated heterocycles. The predicted octanol–water partition coefficient (Wildman–Crippen LogP) is 3.17. The van der Waals surface area contributed by atoms with Crippen LogP contribution in [-0.4, -0.2) is 59.2 Å². The molecule has 0 N–H and O–H groups in total. The second kappa shape index (κ2) is 7.37. The van der Waals surface area contributed by atoms with Crippen LogP contribution in [0.25, 0.3) is 16.9 Å². The molecule has 138 valence electrons. The summed E-state index contributed by atoms with van der Waals surface area (Å²) in [5.41, 5.74) is 3.42. The molecule has 1 fully saturated rings. The van der Waals surface area contributed by atoms with Gasteiger partial charge in [0.1, 0.15) is 0 Å². The molecule has 0 unspecified atom stereocenters. The first-order valence-corrected chi connectivity index (χ1v) is 9.27. The third-order valence-corrected chi connectivity index (χ3v) is 4.87. The lowest BCUT2D eigenvalue weighted by molar-refractivity contribution is 0.0444. The van der Waals surface area contributed by atoms with Crippen LogP contribution in [0.1, 0.15) is 10.5 Å². The number of likely N-dealkylation sites (tertiary alicyclic amines) is 1. The normalized spacial score (nSPS) is 14.4. The van der Waals surface area contributed by atoms with Gasteiger partial charge in [0.15, 0.2) is 5.69 Å². The standard InChI is InChI=1S/C22H24N4O/c1-24(2)14-17-15-25(16-17)22(27)20-13-21(18-9-5-3-6-10-18)26(23-20)19-11-7-4-8-12-19/h3-13,17H,14-16H2,1-2H3. The zero-order chi connectivity index (χ0) is 18.8. The smallest absolute Gasteiger partial charge is 0.274 e. The lowest BCUT2D eigenvalue weighted by Crippen LogP contribution is -2.53. The highest BCUT2D eigenvalue weighted by molar-refractivity contribution is 5.94. The lowest BCUT2D eigenvalue weighted by atomic mass is 9.99. The highest BCUT2D eigenvalue weighted by Gasteiger charge is 2.33. The van der Waals surface area contributed by atoms with Crippen LogP contribution in [0.4, 0.5) is 0 Å². The molecular weight excluding hydrogens is 336 g/mol. The minimum atomic E-state index is 0.0110. The summed E-state index contributed by atoms with van der Waals surface area (Å²) in [5, 5.41) is 4.66. The van der Waals surface area contributed by atoms with Crippen molar-refractivity contribution in [1.29, 1.82) is 0 Å². The van der Waals surface area contributed by atoms with Crippen molar-refractivity contribution in [3.05, 3.63) is 72.4 Å². The van der Waals surface area contributed by atoms with E-state index in [0.717, 1.165) is 36.6 Å². The molecular formula is C22H24N4O. The van der Waals surface area contributed by atoms with Gasteiger partial charge in [-0.3, -0.25) is 4.79 Å². The zero-order valence-electron chi connectivity index (χ0n) is 15.7. The summed E-state index contributed by atoms with van der Waals surface area (Å²) in [6.45, 7) is 2.61. The highest BCUT2D eigenvalue weighted by Crippen LogP contribution is 2.26. The Morgan fingerprint density at radius 1 is 1.04 bits per heavy atom. The number of carbonyl (C=O) groups excluding carboxylic acids is 1. The van der Waals surface area contributed by atoms with Gasteiger partial charge in [0.2, 0.25) is 0 Å². The Labute approximate surface area is 159 Å². The zero-order valence-corrected chi connectivity index (χ0v) is 15.7. The first-order valence-electron chi connectivity index (χ1n) is 9.27. The molecule has 5 nitrogen and oxygen atoms in total. The van der Waals surface area contributed by atoms with Gasteiger partial charge in [0.25, 0.3) is 5.91 Å². The van der Waals surface area contributed by atoms with E-state index in [4.69, 9.17) is 0 Å². The molecule has 0 bridgehead atoms. The minimum absolute atomic E-state index is 0.0110. The molecule has 1 aliphatic heterocycles. The quantitative estimate of drug-likeness (QED) is 0.702. The maximum absolute atomic E-state index is 12.9. The molecule has 0 aliphatic carbocycles. The topological polar surface area (TPSA) is 41.4 Å². The van der Waals surface area contributed by atoms with Gasteiger partial charge >= 0.3 is 0 Å². The number of para-hydroxylation sites is 1. The third-order valence-electron chi connectivity index (χ3n) is 4.87. The molecule has 0 saturated carbocycles. The molecule has 2 heterocycles. The van der Waals surface area contributed by atoms with Crippen LogP contribution in [0, 0.1) is 5.92 Å². The molecule has 5 heteroatoms. The van der Waals surface area contributed by atoms with Crippen LogP contribution in [0.2, 0.25) is 0 Å². The Morgan fingerprint density at radius 3 is 2.30 bits per heavy atom. The first-order chi connectivity index (χ1) is 13.1. The fourth-order valence-corrected chi connectivity index (χ4v) is 3.60. The maximum atomic E-state index is 12.9. The number of nitrogens with zero attached hydrogens (tertiary/aromatic N) is 4. The molecule has 1 aliphatic rings. The molecule has 0 atom stereocenters. The molecule has 1 amide bonds. The van der Waals surface area contributed by atoms with E-state index in [-0.39, 0.29) is 5.91 Å². The van der Waals surface area contributed by atoms with Gasteiger partial charge in [-0.2, -0.15) is 5.10 Å². The van der Waals surface area contributed by atoms with E-state index < -0.39 is 0 Å². The van der Waals surface area contributed by atoms with E-state index in [0.29, 0.717) is 11.6 Å². The van der Waals surface area contributed by atoms with Gasteiger partial charge in [-0.15, -0.1) is 0 Å². The van der Waals surface area contributed by atoms with Crippen molar-refractivity contribution < 1.29 is 4.79 Å². The van der Waals surface area contributed by atoms with Crippen molar-refractivity contribution in [1.82, 2.24) is 19.6 Å². The van der Waals surface area contributed by atoms with E-state index in [9.17, 15) is 4.79 Å². The van der Waals surface area contributed by atoms with E-state index >= 15 is 0 Å². The van der Waals surface area contributed by atoms with Gasteiger partial charge in [0.05, 0.1) is 11.4 Å². The third kappa shape index (κ3) is 3.64. The van der Waals surface area contributed by atoms with Crippen LogP contribution in [0.3, 0.4) is 0 Å². The molecule has 0 radical (unpaired) electrons. The summed E-state index contributed by atoms with van der Waals surface area (Å²) < 4.78 is 1.86. The number of aromatic nitrogens is 2. The Bertz CT molecular complexity index is 855. The fraction of sp³-hybridized carbons (Fsp3) is 0.273. The number of benzene rings is 2. The summed E-state index contributed by atoms with van der Waals surface area (Å²) in [4.78, 5) is 17.0. The van der Waals surface area contributed by atoms with Gasteiger partial charge in [-0.25, -0.2) is 4.68 Å². The van der Waals surface area contributed by atoms with Gasteiger partial charge in [-0.1, -0.05) is 48.5 Å². The Hall–Kier alpha value is -2.92. The van der Waals surface area contributed by atoms with Crippen molar-refractivity contribution in [2.45, 2.75) is 0 Å². The van der Waals surface area contributed by atoms with E-state index in [1.54, 1.807) is 0 Å². The van der Waals surface area contributed by atoms with Crippen molar-refractivity contribution in [2.24, 2.45) is 5.92 Å². The molecule has 0 spiro atoms. The second-order valence-electron chi connectivity index (χ2n) is 7.37. The van der Waals surface area contributed by atoms with E-state index in [1.807, 2.05) is 76.3 Å². The molecule has 3 aromatic rings. The van der Waals surface area contributed by atoms with Crippen molar-refractivity contribution in [3.63, 3.8) is 0 Å². The fourth-order valence-electron chi connectivity index (χ4n) is 3.60. The summed E-state index contributed by atoms with van der Waals surface area (Å²) in [5.74, 6) is 0.561. The van der Waals surface area contributed by atoms with Crippen LogP contribution in [0.5, 0.6) is 0 Å². The lowest BCUT2D eigenvalue weighted by Gasteiger charge is -2.40. The van der Waals surface area contributed by atoms with Gasteiger partial charge in [0, 0.05) is 31.1 Å². The van der Waals surface area contributed by atoms with E-state index in [1.165, 1.54) is 0 Å². The summed E-state index contributed by atoms with van der Waals surface area (Å²) in [7, 11) is 4.14. The van der Waals surface area contributed by atoms with Crippen LogP contribution in [0.15, 0.2) is 66.7 Å². The molecule has 1 aromatic heterocycles.